The van der Waals surface area contributed by atoms with Crippen molar-refractivity contribution < 1.29 is 9.90 Å². The van der Waals surface area contributed by atoms with Crippen LogP contribution >= 0.6 is 11.3 Å². The quantitative estimate of drug-likeness (QED) is 0.683. The van der Waals surface area contributed by atoms with Crippen molar-refractivity contribution in [2.75, 3.05) is 0 Å². The molecule has 5 heteroatoms. The molecule has 3 aromatic rings. The van der Waals surface area contributed by atoms with Crippen LogP contribution in [0, 0.1) is 18.3 Å². The van der Waals surface area contributed by atoms with Gasteiger partial charge in [0.15, 0.2) is 0 Å². The number of aromatic nitrogens is 1. The van der Waals surface area contributed by atoms with E-state index in [1.807, 2.05) is 36.6 Å². The number of carboxylic acids is 1. The Labute approximate surface area is 149 Å². The molecule has 0 fully saturated rings. The first-order valence-corrected chi connectivity index (χ1v) is 8.43. The van der Waals surface area contributed by atoms with E-state index < -0.39 is 5.97 Å². The van der Waals surface area contributed by atoms with Crippen molar-refractivity contribution in [3.05, 3.63) is 75.6 Å². The van der Waals surface area contributed by atoms with E-state index in [-0.39, 0.29) is 5.56 Å². The average Bonchev–Trinajstić information content (AvgIpc) is 3.10. The van der Waals surface area contributed by atoms with Crippen LogP contribution in [0.5, 0.6) is 0 Å². The van der Waals surface area contributed by atoms with Gasteiger partial charge in [-0.1, -0.05) is 42.0 Å². The summed E-state index contributed by atoms with van der Waals surface area (Å²) in [6.45, 7) is 2.03. The van der Waals surface area contributed by atoms with Crippen molar-refractivity contribution in [2.24, 2.45) is 0 Å². The first kappa shape index (κ1) is 16.6. The molecule has 3 rings (SSSR count). The Kier molecular flexibility index (Phi) is 4.73. The molecule has 1 N–H and O–H groups in total. The van der Waals surface area contributed by atoms with Gasteiger partial charge in [-0.3, -0.25) is 0 Å². The Morgan fingerprint density at radius 2 is 1.84 bits per heavy atom. The highest BCUT2D eigenvalue weighted by atomic mass is 32.1. The van der Waals surface area contributed by atoms with Gasteiger partial charge in [0.2, 0.25) is 0 Å². The lowest BCUT2D eigenvalue weighted by Crippen LogP contribution is -1.94. The molecule has 0 atom stereocenters. The second-order valence-corrected chi connectivity index (χ2v) is 6.36. The molecule has 2 aromatic carbocycles. The number of hydrogen-bond acceptors (Lipinski definition) is 4. The molecular weight excluding hydrogens is 332 g/mol. The van der Waals surface area contributed by atoms with Gasteiger partial charge in [-0.2, -0.15) is 5.26 Å². The summed E-state index contributed by atoms with van der Waals surface area (Å²) in [4.78, 5) is 15.5. The van der Waals surface area contributed by atoms with Gasteiger partial charge in [0.05, 0.1) is 16.8 Å². The number of benzene rings is 2. The van der Waals surface area contributed by atoms with Crippen molar-refractivity contribution >= 4 is 29.0 Å². The largest absolute Gasteiger partial charge is 0.478 e. The minimum Gasteiger partial charge on any atom is -0.478 e. The van der Waals surface area contributed by atoms with E-state index in [1.165, 1.54) is 29.0 Å². The third-order valence-corrected chi connectivity index (χ3v) is 4.55. The van der Waals surface area contributed by atoms with Gasteiger partial charge in [0, 0.05) is 10.9 Å². The lowest BCUT2D eigenvalue weighted by Gasteiger charge is -1.98. The molecule has 0 spiro atoms. The second-order valence-electron chi connectivity index (χ2n) is 5.50. The third-order valence-electron chi connectivity index (χ3n) is 3.67. The first-order valence-electron chi connectivity index (χ1n) is 7.55. The van der Waals surface area contributed by atoms with Crippen LogP contribution in [0.1, 0.15) is 26.5 Å². The number of carbonyl (C=O) groups is 1. The molecule has 0 unspecified atom stereocenters. The van der Waals surface area contributed by atoms with E-state index >= 15 is 0 Å². The standard InChI is InChI=1S/C20H14N2O2S/c1-13-2-6-15(7-3-13)18-12-25-19(22-18)17(11-21)10-14-4-8-16(9-5-14)20(23)24/h2-10,12H,1H3,(H,23,24)/b17-10+. The predicted molar refractivity (Wildman–Crippen MR) is 99.2 cm³/mol. The van der Waals surface area contributed by atoms with E-state index in [1.54, 1.807) is 18.2 Å². The SMILES string of the molecule is Cc1ccc(-c2csc(/C(C#N)=C/c3ccc(C(=O)O)cc3)n2)cc1. The van der Waals surface area contributed by atoms with Crippen LogP contribution in [0.3, 0.4) is 0 Å². The van der Waals surface area contributed by atoms with E-state index in [0.717, 1.165) is 16.8 Å². The molecule has 4 nitrogen and oxygen atoms in total. The zero-order valence-electron chi connectivity index (χ0n) is 13.4. The topological polar surface area (TPSA) is 74.0 Å². The fourth-order valence-corrected chi connectivity index (χ4v) is 3.08. The molecule has 0 saturated heterocycles. The van der Waals surface area contributed by atoms with E-state index in [9.17, 15) is 10.1 Å². The lowest BCUT2D eigenvalue weighted by molar-refractivity contribution is 0.0697. The molecule has 0 aliphatic rings. The van der Waals surface area contributed by atoms with Gasteiger partial charge in [0.1, 0.15) is 11.1 Å². The molecular formula is C20H14N2O2S. The van der Waals surface area contributed by atoms with Crippen LogP contribution in [0.2, 0.25) is 0 Å². The molecule has 0 aliphatic carbocycles. The lowest BCUT2D eigenvalue weighted by atomic mass is 10.1. The molecule has 0 radical (unpaired) electrons. The molecule has 0 aliphatic heterocycles. The van der Waals surface area contributed by atoms with Gasteiger partial charge < -0.3 is 5.11 Å². The van der Waals surface area contributed by atoms with Crippen LogP contribution in [-0.4, -0.2) is 16.1 Å². The zero-order valence-corrected chi connectivity index (χ0v) is 14.2. The molecule has 1 aromatic heterocycles. The van der Waals surface area contributed by atoms with Gasteiger partial charge in [0.25, 0.3) is 0 Å². The summed E-state index contributed by atoms with van der Waals surface area (Å²) >= 11 is 1.41. The summed E-state index contributed by atoms with van der Waals surface area (Å²) in [5, 5.41) is 21.0. The normalized spacial score (nSPS) is 11.1. The minimum atomic E-state index is -0.973. The van der Waals surface area contributed by atoms with E-state index in [4.69, 9.17) is 5.11 Å². The van der Waals surface area contributed by atoms with Crippen molar-refractivity contribution in [2.45, 2.75) is 6.92 Å². The maximum Gasteiger partial charge on any atom is 0.335 e. The van der Waals surface area contributed by atoms with Crippen LogP contribution in [-0.2, 0) is 0 Å². The fourth-order valence-electron chi connectivity index (χ4n) is 2.28. The van der Waals surface area contributed by atoms with Gasteiger partial charge in [-0.15, -0.1) is 11.3 Å². The van der Waals surface area contributed by atoms with Crippen molar-refractivity contribution in [1.29, 1.82) is 5.26 Å². The monoisotopic (exact) mass is 346 g/mol. The summed E-state index contributed by atoms with van der Waals surface area (Å²) in [5.74, 6) is -0.973. The van der Waals surface area contributed by atoms with Gasteiger partial charge >= 0.3 is 5.97 Å². The zero-order chi connectivity index (χ0) is 17.8. The Morgan fingerprint density at radius 1 is 1.16 bits per heavy atom. The molecule has 0 bridgehead atoms. The predicted octanol–water partition coefficient (Wildman–Crippen LogP) is 4.88. The minimum absolute atomic E-state index is 0.214. The summed E-state index contributed by atoms with van der Waals surface area (Å²) in [7, 11) is 0. The number of thiazole rings is 1. The van der Waals surface area contributed by atoms with Crippen molar-refractivity contribution in [1.82, 2.24) is 4.98 Å². The molecule has 0 amide bonds. The number of aryl methyl sites for hydroxylation is 1. The van der Waals surface area contributed by atoms with E-state index in [2.05, 4.69) is 11.1 Å². The van der Waals surface area contributed by atoms with E-state index in [0.29, 0.717) is 10.6 Å². The highest BCUT2D eigenvalue weighted by molar-refractivity contribution is 7.11. The summed E-state index contributed by atoms with van der Waals surface area (Å²) < 4.78 is 0. The number of hydrogen-bond donors (Lipinski definition) is 1. The molecule has 1 heterocycles. The Hall–Kier alpha value is -3.23. The molecule has 25 heavy (non-hydrogen) atoms. The second kappa shape index (κ2) is 7.12. The molecule has 122 valence electrons. The highest BCUT2D eigenvalue weighted by Crippen LogP contribution is 2.27. The third kappa shape index (κ3) is 3.82. The maximum absolute atomic E-state index is 10.9. The Morgan fingerprint density at radius 3 is 2.44 bits per heavy atom. The first-order chi connectivity index (χ1) is 12.1. The van der Waals surface area contributed by atoms with Crippen LogP contribution in [0.15, 0.2) is 53.9 Å². The Balaban J connectivity index is 1.90. The van der Waals surface area contributed by atoms with Crippen LogP contribution in [0.25, 0.3) is 22.9 Å². The Bertz CT molecular complexity index is 978. The van der Waals surface area contributed by atoms with Gasteiger partial charge in [-0.05, 0) is 30.7 Å². The smallest absolute Gasteiger partial charge is 0.335 e. The summed E-state index contributed by atoms with van der Waals surface area (Å²) in [5.41, 5.74) is 4.45. The van der Waals surface area contributed by atoms with Gasteiger partial charge in [-0.25, -0.2) is 9.78 Å². The number of carboxylic acid groups (broad SMARTS) is 1. The number of nitrogens with zero attached hydrogens (tertiary/aromatic N) is 2. The number of rotatable bonds is 4. The molecule has 0 saturated carbocycles. The number of allylic oxidation sites excluding steroid dienone is 1. The summed E-state index contributed by atoms with van der Waals surface area (Å²) in [6, 6.07) is 16.6. The van der Waals surface area contributed by atoms with Crippen LogP contribution in [0.4, 0.5) is 0 Å². The summed E-state index contributed by atoms with van der Waals surface area (Å²) in [6.07, 6.45) is 1.71. The average molecular weight is 346 g/mol. The van der Waals surface area contributed by atoms with Crippen LogP contribution < -0.4 is 0 Å². The number of nitriles is 1. The highest BCUT2D eigenvalue weighted by Gasteiger charge is 2.09. The van der Waals surface area contributed by atoms with Crippen molar-refractivity contribution in [3.63, 3.8) is 0 Å². The van der Waals surface area contributed by atoms with Crippen molar-refractivity contribution in [3.8, 4) is 17.3 Å². The number of aromatic carboxylic acids is 1. The maximum atomic E-state index is 10.9. The fraction of sp³-hybridized carbons (Fsp3) is 0.0500.